The summed E-state index contributed by atoms with van der Waals surface area (Å²) in [6, 6.07) is 17.9. The fourth-order valence-corrected chi connectivity index (χ4v) is 10.1. The van der Waals surface area contributed by atoms with Crippen LogP contribution in [0.1, 0.15) is 103 Å². The van der Waals surface area contributed by atoms with E-state index in [2.05, 4.69) is 10.5 Å². The third kappa shape index (κ3) is 7.62. The second kappa shape index (κ2) is 16.0. The summed E-state index contributed by atoms with van der Waals surface area (Å²) in [4.78, 5) is 32.8. The molecule has 2 N–H and O–H groups in total. The Bertz CT molecular complexity index is 2310. The lowest BCUT2D eigenvalue weighted by Crippen LogP contribution is -2.65. The number of nitrogens with one attached hydrogen (secondary N) is 1. The standard InChI is InChI=1S/C47H57F2N3O7Si/c1-45(2,3)26-50-23-31-37(49)36(48)30-21-29-22-32-38(52(7)8)41-35(44(51-58-41)57-25-28-19-15-12-16-20-28)43(55)47(32,59-60(9,10)46(4,5)6)42(54)33(29)39(53)34(30)40(31)56-24-27-17-13-11-14-18-27/h11-20,29,32,38,50,54H,21-26H2,1-10H3/t29-,32-,38-,47?/m0/s1. The Morgan fingerprint density at radius 3 is 2.08 bits per heavy atom. The summed E-state index contributed by atoms with van der Waals surface area (Å²) in [5.74, 6) is -5.67. The van der Waals surface area contributed by atoms with E-state index < -0.39 is 65.8 Å². The van der Waals surface area contributed by atoms with E-state index in [0.29, 0.717) is 6.54 Å². The van der Waals surface area contributed by atoms with E-state index in [4.69, 9.17) is 18.4 Å². The van der Waals surface area contributed by atoms with E-state index in [1.165, 1.54) is 0 Å². The number of rotatable bonds is 12. The van der Waals surface area contributed by atoms with Crippen LogP contribution in [-0.4, -0.2) is 61.3 Å². The number of hydrogen-bond acceptors (Lipinski definition) is 10. The van der Waals surface area contributed by atoms with Gasteiger partial charge >= 0.3 is 0 Å². The summed E-state index contributed by atoms with van der Waals surface area (Å²) in [5, 5.41) is 20.1. The zero-order valence-electron chi connectivity index (χ0n) is 36.3. The smallest absolute Gasteiger partial charge is 0.265 e. The Morgan fingerprint density at radius 2 is 1.52 bits per heavy atom. The minimum Gasteiger partial charge on any atom is -0.508 e. The molecule has 0 saturated heterocycles. The largest absolute Gasteiger partial charge is 0.508 e. The molecule has 0 bridgehead atoms. The molecule has 0 saturated carbocycles. The average molecular weight is 842 g/mol. The third-order valence-corrected chi connectivity index (χ3v) is 17.0. The number of hydrogen-bond donors (Lipinski definition) is 2. The van der Waals surface area contributed by atoms with Crippen LogP contribution in [-0.2, 0) is 30.6 Å². The molecule has 0 radical (unpaired) electrons. The van der Waals surface area contributed by atoms with Crippen molar-refractivity contribution >= 4 is 19.9 Å². The molecule has 0 fully saturated rings. The van der Waals surface area contributed by atoms with Gasteiger partial charge in [0.05, 0.1) is 11.6 Å². The Hall–Kier alpha value is -4.69. The topological polar surface area (TPSA) is 123 Å². The fraction of sp³-hybridized carbons (Fsp3) is 0.468. The van der Waals surface area contributed by atoms with Crippen LogP contribution in [0.5, 0.6) is 11.6 Å². The van der Waals surface area contributed by atoms with Crippen molar-refractivity contribution in [1.29, 1.82) is 0 Å². The molecule has 0 aliphatic heterocycles. The number of fused-ring (bicyclic) bond motifs is 4. The highest BCUT2D eigenvalue weighted by atomic mass is 28.4. The van der Waals surface area contributed by atoms with Crippen molar-refractivity contribution in [2.24, 2.45) is 17.3 Å². The Kier molecular flexibility index (Phi) is 11.5. The van der Waals surface area contributed by atoms with Crippen molar-refractivity contribution in [2.75, 3.05) is 20.6 Å². The number of Topliss-reactive ketones (excluding diaryl/α,β-unsaturated/α-hetero) is 2. The van der Waals surface area contributed by atoms with Gasteiger partial charge in [-0.05, 0) is 72.7 Å². The van der Waals surface area contributed by atoms with Gasteiger partial charge in [-0.15, -0.1) is 0 Å². The van der Waals surface area contributed by atoms with Gasteiger partial charge in [0.1, 0.15) is 30.3 Å². The zero-order valence-corrected chi connectivity index (χ0v) is 37.3. The summed E-state index contributed by atoms with van der Waals surface area (Å²) < 4.78 is 58.8. The molecular weight excluding hydrogens is 785 g/mol. The summed E-state index contributed by atoms with van der Waals surface area (Å²) in [6.07, 6.45) is -0.0272. The van der Waals surface area contributed by atoms with E-state index in [1.54, 1.807) is 0 Å². The highest BCUT2D eigenvalue weighted by molar-refractivity contribution is 6.74. The first kappa shape index (κ1) is 43.4. The summed E-state index contributed by atoms with van der Waals surface area (Å²) in [5.41, 5.74) is -1.13. The highest BCUT2D eigenvalue weighted by Crippen LogP contribution is 2.60. The molecule has 4 aromatic rings. The molecule has 4 atom stereocenters. The van der Waals surface area contributed by atoms with Gasteiger partial charge in [0.25, 0.3) is 5.88 Å². The molecule has 1 heterocycles. The molecule has 7 rings (SSSR count). The van der Waals surface area contributed by atoms with Crippen molar-refractivity contribution < 1.29 is 41.9 Å². The predicted molar refractivity (Wildman–Crippen MR) is 227 cm³/mol. The first-order chi connectivity index (χ1) is 28.2. The van der Waals surface area contributed by atoms with Crippen LogP contribution in [0.15, 0.2) is 76.5 Å². The zero-order chi connectivity index (χ0) is 43.5. The molecule has 3 aliphatic carbocycles. The molecule has 1 aromatic heterocycles. The Balaban J connectivity index is 1.43. The van der Waals surface area contributed by atoms with Gasteiger partial charge in [-0.2, -0.15) is 0 Å². The lowest BCUT2D eigenvalue weighted by Gasteiger charge is -2.55. The van der Waals surface area contributed by atoms with Gasteiger partial charge < -0.3 is 28.8 Å². The van der Waals surface area contributed by atoms with Gasteiger partial charge in [0.2, 0.25) is 5.78 Å². The van der Waals surface area contributed by atoms with Crippen molar-refractivity contribution in [3.8, 4) is 11.6 Å². The number of aliphatic hydroxyl groups is 1. The molecule has 0 amide bonds. The van der Waals surface area contributed by atoms with Crippen LogP contribution in [0.4, 0.5) is 8.78 Å². The summed E-state index contributed by atoms with van der Waals surface area (Å²) >= 11 is 0. The number of halogens is 2. The second-order valence-electron chi connectivity index (χ2n) is 19.4. The molecule has 0 spiro atoms. The number of aliphatic hydroxyl groups excluding tert-OH is 1. The van der Waals surface area contributed by atoms with Crippen molar-refractivity contribution in [2.45, 2.75) is 104 Å². The lowest BCUT2D eigenvalue weighted by molar-refractivity contribution is -0.0481. The van der Waals surface area contributed by atoms with Crippen LogP contribution in [0.2, 0.25) is 18.1 Å². The SMILES string of the molecule is CN(C)[C@@H]1c2onc(OCc3ccccc3)c2C(=O)C2(O[Si](C)(C)C(C)(C)C)C(O)=C3C(=O)c4c(c(F)c(F)c(CNCC(C)(C)C)c4OCc4ccccc4)C[C@H]3C[C@@H]12. The van der Waals surface area contributed by atoms with Gasteiger partial charge in [0.15, 0.2) is 37.1 Å². The Labute approximate surface area is 352 Å². The van der Waals surface area contributed by atoms with Gasteiger partial charge in [-0.3, -0.25) is 14.5 Å². The number of ketones is 2. The van der Waals surface area contributed by atoms with Crippen LogP contribution in [0.3, 0.4) is 0 Å². The molecule has 1 unspecified atom stereocenters. The van der Waals surface area contributed by atoms with E-state index in [0.717, 1.165) is 11.1 Å². The van der Waals surface area contributed by atoms with Gasteiger partial charge in [-0.25, -0.2) is 8.78 Å². The first-order valence-corrected chi connectivity index (χ1v) is 23.5. The van der Waals surface area contributed by atoms with Crippen LogP contribution in [0.25, 0.3) is 0 Å². The van der Waals surface area contributed by atoms with Gasteiger partial charge in [0, 0.05) is 35.7 Å². The van der Waals surface area contributed by atoms with Gasteiger partial charge in [-0.1, -0.05) is 102 Å². The number of carbonyl (C=O) groups is 2. The third-order valence-electron chi connectivity index (χ3n) is 12.6. The van der Waals surface area contributed by atoms with Crippen molar-refractivity contribution in [1.82, 2.24) is 15.4 Å². The second-order valence-corrected chi connectivity index (χ2v) is 24.1. The Morgan fingerprint density at radius 1 is 0.917 bits per heavy atom. The molecule has 10 nitrogen and oxygen atoms in total. The maximum absolute atomic E-state index is 16.6. The number of nitrogens with zero attached hydrogens (tertiary/aromatic N) is 2. The fourth-order valence-electron chi connectivity index (χ4n) is 8.66. The molecule has 3 aliphatic rings. The quantitative estimate of drug-likeness (QED) is 0.133. The minimum absolute atomic E-state index is 0.0288. The number of benzene rings is 3. The number of ether oxygens (including phenoxy) is 2. The van der Waals surface area contributed by atoms with Crippen molar-refractivity contribution in [3.63, 3.8) is 0 Å². The number of aromatic nitrogens is 1. The van der Waals surface area contributed by atoms with Crippen molar-refractivity contribution in [3.05, 3.63) is 123 Å². The maximum atomic E-state index is 16.6. The summed E-state index contributed by atoms with van der Waals surface area (Å²) in [7, 11) is 0.658. The summed E-state index contributed by atoms with van der Waals surface area (Å²) in [6.45, 7) is 16.5. The lowest BCUT2D eigenvalue weighted by atomic mass is 9.58. The maximum Gasteiger partial charge on any atom is 0.265 e. The molecular formula is C47H57F2N3O7Si. The first-order valence-electron chi connectivity index (χ1n) is 20.6. The molecule has 60 heavy (non-hydrogen) atoms. The number of allylic oxidation sites excluding steroid dienone is 1. The predicted octanol–water partition coefficient (Wildman–Crippen LogP) is 9.69. The average Bonchev–Trinajstić information content (AvgIpc) is 3.60. The molecule has 13 heteroatoms. The normalized spacial score (nSPS) is 21.7. The van der Waals surface area contributed by atoms with E-state index in [1.807, 2.05) is 134 Å². The highest BCUT2D eigenvalue weighted by Gasteiger charge is 2.67. The van der Waals surface area contributed by atoms with Crippen LogP contribution in [0, 0.1) is 28.9 Å². The van der Waals surface area contributed by atoms with Crippen LogP contribution < -0.4 is 14.8 Å². The van der Waals surface area contributed by atoms with E-state index >= 15 is 18.4 Å². The monoisotopic (exact) mass is 841 g/mol. The van der Waals surface area contributed by atoms with E-state index in [-0.39, 0.29) is 83.2 Å². The van der Waals surface area contributed by atoms with Crippen LogP contribution >= 0.6 is 0 Å². The molecule has 3 aromatic carbocycles. The molecule has 320 valence electrons. The minimum atomic E-state index is -2.99. The van der Waals surface area contributed by atoms with E-state index in [9.17, 15) is 5.11 Å². The number of carbonyl (C=O) groups excluding carboxylic acids is 2.